The Morgan fingerprint density at radius 1 is 1.56 bits per heavy atom. The van der Waals surface area contributed by atoms with E-state index < -0.39 is 0 Å². The summed E-state index contributed by atoms with van der Waals surface area (Å²) in [6, 6.07) is 0. The van der Waals surface area contributed by atoms with Crippen molar-refractivity contribution in [3.8, 4) is 0 Å². The quantitative estimate of drug-likeness (QED) is 0.478. The maximum absolute atomic E-state index is 5.28. The molecule has 0 unspecified atom stereocenters. The Hall–Kier alpha value is -0.790. The van der Waals surface area contributed by atoms with Crippen LogP contribution in [0.15, 0.2) is 16.4 Å². The van der Waals surface area contributed by atoms with Crippen LogP contribution in [-0.4, -0.2) is 12.8 Å². The summed E-state index contributed by atoms with van der Waals surface area (Å²) in [5.41, 5.74) is 1.39. The van der Waals surface area contributed by atoms with Crippen molar-refractivity contribution in [2.24, 2.45) is 4.99 Å². The zero-order valence-electron chi connectivity index (χ0n) is 5.26. The van der Waals surface area contributed by atoms with Crippen molar-refractivity contribution in [2.75, 3.05) is 6.61 Å². The van der Waals surface area contributed by atoms with Gasteiger partial charge in [0.15, 0.2) is 0 Å². The topological polar surface area (TPSA) is 21.6 Å². The number of nitrogens with zero attached hydrogens (tertiary/aromatic N) is 1. The fraction of sp³-hybridized carbons (Fsp3) is 0.571. The molecule has 0 spiro atoms. The van der Waals surface area contributed by atoms with E-state index in [9.17, 15) is 0 Å². The number of ether oxygens (including phenoxy) is 1. The summed E-state index contributed by atoms with van der Waals surface area (Å²) in [6.45, 7) is 0.857. The van der Waals surface area contributed by atoms with E-state index in [4.69, 9.17) is 4.74 Å². The standard InChI is InChI=1S/C7H9NO/c1-2-6-3-4-8-7(6)9-5-1/h4H,1-3,5H2. The average molecular weight is 123 g/mol. The highest BCUT2D eigenvalue weighted by Crippen LogP contribution is 2.25. The van der Waals surface area contributed by atoms with Crippen LogP contribution >= 0.6 is 0 Å². The molecule has 0 aromatic carbocycles. The first-order valence-corrected chi connectivity index (χ1v) is 3.34. The SMILES string of the molecule is C1=NC2=C(C1)CCCO2. The minimum absolute atomic E-state index is 0.857. The predicted molar refractivity (Wildman–Crippen MR) is 35.3 cm³/mol. The average Bonchev–Trinajstić information content (AvgIpc) is 2.33. The lowest BCUT2D eigenvalue weighted by Crippen LogP contribution is -2.01. The van der Waals surface area contributed by atoms with Crippen molar-refractivity contribution in [1.82, 2.24) is 0 Å². The first kappa shape index (κ1) is 5.03. The molecule has 0 saturated heterocycles. The molecule has 2 aliphatic rings. The highest BCUT2D eigenvalue weighted by molar-refractivity contribution is 5.66. The molecule has 0 amide bonds. The molecule has 0 saturated carbocycles. The summed E-state index contributed by atoms with van der Waals surface area (Å²) < 4.78 is 5.28. The van der Waals surface area contributed by atoms with Gasteiger partial charge in [0.05, 0.1) is 6.61 Å². The smallest absolute Gasteiger partial charge is 0.212 e. The summed E-state index contributed by atoms with van der Waals surface area (Å²) in [5.74, 6) is 0.904. The first-order chi connectivity index (χ1) is 4.47. The van der Waals surface area contributed by atoms with E-state index in [2.05, 4.69) is 4.99 Å². The summed E-state index contributed by atoms with van der Waals surface area (Å²) >= 11 is 0. The molecule has 2 nitrogen and oxygen atoms in total. The van der Waals surface area contributed by atoms with Crippen molar-refractivity contribution in [1.29, 1.82) is 0 Å². The molecule has 0 atom stereocenters. The van der Waals surface area contributed by atoms with Crippen LogP contribution < -0.4 is 0 Å². The van der Waals surface area contributed by atoms with Crippen LogP contribution in [0.2, 0.25) is 0 Å². The van der Waals surface area contributed by atoms with Gasteiger partial charge >= 0.3 is 0 Å². The fourth-order valence-electron chi connectivity index (χ4n) is 1.22. The van der Waals surface area contributed by atoms with Crippen molar-refractivity contribution in [2.45, 2.75) is 19.3 Å². The molecule has 48 valence electrons. The Balaban J connectivity index is 2.24. The third kappa shape index (κ3) is 0.745. The normalized spacial score (nSPS) is 24.0. The van der Waals surface area contributed by atoms with Crippen molar-refractivity contribution in [3.05, 3.63) is 11.5 Å². The summed E-state index contributed by atoms with van der Waals surface area (Å²) in [6.07, 6.45) is 5.31. The second-order valence-corrected chi connectivity index (χ2v) is 2.38. The zero-order chi connectivity index (χ0) is 6.10. The largest absolute Gasteiger partial charge is 0.478 e. The number of rotatable bonds is 0. The Bertz CT molecular complexity index is 181. The predicted octanol–water partition coefficient (Wildman–Crippen LogP) is 1.48. The number of allylic oxidation sites excluding steroid dienone is 1. The number of aliphatic imine (C=N–C) groups is 1. The Morgan fingerprint density at radius 3 is 3.44 bits per heavy atom. The van der Waals surface area contributed by atoms with Gasteiger partial charge in [0.1, 0.15) is 0 Å². The van der Waals surface area contributed by atoms with Crippen LogP contribution in [0.5, 0.6) is 0 Å². The summed E-state index contributed by atoms with van der Waals surface area (Å²) in [5, 5.41) is 0. The van der Waals surface area contributed by atoms with Crippen molar-refractivity contribution in [3.63, 3.8) is 0 Å². The van der Waals surface area contributed by atoms with Crippen LogP contribution in [0.4, 0.5) is 0 Å². The van der Waals surface area contributed by atoms with E-state index in [1.165, 1.54) is 18.4 Å². The zero-order valence-corrected chi connectivity index (χ0v) is 5.26. The Morgan fingerprint density at radius 2 is 2.56 bits per heavy atom. The molecule has 0 aliphatic carbocycles. The molecule has 9 heavy (non-hydrogen) atoms. The lowest BCUT2D eigenvalue weighted by Gasteiger charge is -2.12. The maximum Gasteiger partial charge on any atom is 0.212 e. The third-order valence-corrected chi connectivity index (χ3v) is 1.71. The second kappa shape index (κ2) is 1.87. The molecule has 0 N–H and O–H groups in total. The van der Waals surface area contributed by atoms with Crippen molar-refractivity contribution < 1.29 is 4.74 Å². The highest BCUT2D eigenvalue weighted by Gasteiger charge is 2.15. The van der Waals surface area contributed by atoms with Crippen molar-refractivity contribution >= 4 is 6.21 Å². The lowest BCUT2D eigenvalue weighted by molar-refractivity contribution is 0.187. The van der Waals surface area contributed by atoms with E-state index in [1.807, 2.05) is 6.21 Å². The van der Waals surface area contributed by atoms with Gasteiger partial charge in [-0.15, -0.1) is 0 Å². The van der Waals surface area contributed by atoms with Gasteiger partial charge in [-0.05, 0) is 18.4 Å². The number of hydrogen-bond donors (Lipinski definition) is 0. The van der Waals surface area contributed by atoms with E-state index in [-0.39, 0.29) is 0 Å². The second-order valence-electron chi connectivity index (χ2n) is 2.38. The molecular formula is C7H9NO. The van der Waals surface area contributed by atoms with Gasteiger partial charge in [0, 0.05) is 12.6 Å². The van der Waals surface area contributed by atoms with E-state index in [0.717, 1.165) is 18.9 Å². The monoisotopic (exact) mass is 123 g/mol. The van der Waals surface area contributed by atoms with Gasteiger partial charge in [-0.1, -0.05) is 0 Å². The molecule has 0 aromatic rings. The molecule has 2 heterocycles. The first-order valence-electron chi connectivity index (χ1n) is 3.34. The van der Waals surface area contributed by atoms with Gasteiger partial charge in [-0.3, -0.25) is 0 Å². The summed E-state index contributed by atoms with van der Waals surface area (Å²) in [4.78, 5) is 4.09. The van der Waals surface area contributed by atoms with Gasteiger partial charge in [-0.25, -0.2) is 4.99 Å². The van der Waals surface area contributed by atoms with Gasteiger partial charge in [-0.2, -0.15) is 0 Å². The van der Waals surface area contributed by atoms with Crippen LogP contribution in [-0.2, 0) is 4.74 Å². The number of hydrogen-bond acceptors (Lipinski definition) is 2. The molecular weight excluding hydrogens is 114 g/mol. The van der Waals surface area contributed by atoms with E-state index in [0.29, 0.717) is 0 Å². The Labute approximate surface area is 54.2 Å². The third-order valence-electron chi connectivity index (χ3n) is 1.71. The van der Waals surface area contributed by atoms with Crippen LogP contribution in [0.1, 0.15) is 19.3 Å². The molecule has 2 aliphatic heterocycles. The maximum atomic E-state index is 5.28. The van der Waals surface area contributed by atoms with Crippen LogP contribution in [0.3, 0.4) is 0 Å². The van der Waals surface area contributed by atoms with Crippen LogP contribution in [0, 0.1) is 0 Å². The van der Waals surface area contributed by atoms with Gasteiger partial charge in [0.25, 0.3) is 0 Å². The van der Waals surface area contributed by atoms with Gasteiger partial charge in [0.2, 0.25) is 5.88 Å². The lowest BCUT2D eigenvalue weighted by atomic mass is 10.1. The minimum Gasteiger partial charge on any atom is -0.478 e. The summed E-state index contributed by atoms with van der Waals surface area (Å²) in [7, 11) is 0. The molecule has 0 aromatic heterocycles. The Kier molecular flexibility index (Phi) is 1.04. The van der Waals surface area contributed by atoms with E-state index in [1.54, 1.807) is 0 Å². The molecule has 0 radical (unpaired) electrons. The molecule has 0 bridgehead atoms. The minimum atomic E-state index is 0.857. The molecule has 2 heteroatoms. The van der Waals surface area contributed by atoms with E-state index >= 15 is 0 Å². The highest BCUT2D eigenvalue weighted by atomic mass is 16.5. The molecule has 2 rings (SSSR count). The molecule has 0 fully saturated rings. The van der Waals surface area contributed by atoms with Gasteiger partial charge < -0.3 is 4.74 Å². The van der Waals surface area contributed by atoms with Crippen LogP contribution in [0.25, 0.3) is 0 Å². The fourth-order valence-corrected chi connectivity index (χ4v) is 1.22.